The number of benzene rings is 2. The number of aryl methyl sites for hydroxylation is 1. The third-order valence-electron chi connectivity index (χ3n) is 5.29. The average Bonchev–Trinajstić information content (AvgIpc) is 2.76. The SMILES string of the molecule is Cc1ccc(CN2CCC(C(=O)N(C)Cc3ccccc3)CC2)cc1.O=C(O)C(=O)O. The van der Waals surface area contributed by atoms with Crippen LogP contribution in [0.2, 0.25) is 0 Å². The van der Waals surface area contributed by atoms with Crippen molar-refractivity contribution >= 4 is 17.8 Å². The first-order valence-electron chi connectivity index (χ1n) is 10.3. The molecule has 0 radical (unpaired) electrons. The molecular formula is C24H30N2O5. The Morgan fingerprint density at radius 2 is 1.45 bits per heavy atom. The molecule has 0 spiro atoms. The van der Waals surface area contributed by atoms with Crippen LogP contribution in [0.15, 0.2) is 54.6 Å². The smallest absolute Gasteiger partial charge is 0.414 e. The van der Waals surface area contributed by atoms with Crippen LogP contribution in [0.5, 0.6) is 0 Å². The largest absolute Gasteiger partial charge is 0.473 e. The first-order chi connectivity index (χ1) is 14.8. The van der Waals surface area contributed by atoms with Crippen LogP contribution in [0, 0.1) is 12.8 Å². The van der Waals surface area contributed by atoms with E-state index in [1.807, 2.05) is 30.1 Å². The van der Waals surface area contributed by atoms with Gasteiger partial charge in [-0.3, -0.25) is 9.69 Å². The van der Waals surface area contributed by atoms with Gasteiger partial charge in [0.15, 0.2) is 0 Å². The molecule has 0 unspecified atom stereocenters. The first kappa shape index (κ1) is 24.1. The summed E-state index contributed by atoms with van der Waals surface area (Å²) >= 11 is 0. The van der Waals surface area contributed by atoms with Crippen molar-refractivity contribution in [3.05, 3.63) is 71.3 Å². The van der Waals surface area contributed by atoms with Crippen LogP contribution in [-0.2, 0) is 27.5 Å². The summed E-state index contributed by atoms with van der Waals surface area (Å²) in [5.41, 5.74) is 3.85. The average molecular weight is 427 g/mol. The Balaban J connectivity index is 0.000000501. The Bertz CT molecular complexity index is 847. The van der Waals surface area contributed by atoms with E-state index in [0.717, 1.165) is 32.5 Å². The molecule has 31 heavy (non-hydrogen) atoms. The number of hydrogen-bond acceptors (Lipinski definition) is 4. The van der Waals surface area contributed by atoms with Gasteiger partial charge in [0.2, 0.25) is 5.91 Å². The van der Waals surface area contributed by atoms with Crippen molar-refractivity contribution in [1.82, 2.24) is 9.80 Å². The second kappa shape index (κ2) is 11.9. The maximum atomic E-state index is 12.7. The number of carbonyl (C=O) groups excluding carboxylic acids is 1. The molecule has 1 aliphatic rings. The predicted molar refractivity (Wildman–Crippen MR) is 117 cm³/mol. The number of aliphatic carboxylic acids is 2. The third-order valence-corrected chi connectivity index (χ3v) is 5.29. The van der Waals surface area contributed by atoms with E-state index in [0.29, 0.717) is 12.5 Å². The lowest BCUT2D eigenvalue weighted by atomic mass is 9.95. The van der Waals surface area contributed by atoms with E-state index in [2.05, 4.69) is 48.2 Å². The third kappa shape index (κ3) is 8.22. The normalized spacial score (nSPS) is 14.3. The van der Waals surface area contributed by atoms with Crippen LogP contribution in [0.25, 0.3) is 0 Å². The minimum Gasteiger partial charge on any atom is -0.473 e. The molecule has 1 fully saturated rings. The maximum Gasteiger partial charge on any atom is 0.414 e. The molecule has 2 aromatic rings. The minimum absolute atomic E-state index is 0.169. The van der Waals surface area contributed by atoms with E-state index in [1.165, 1.54) is 16.7 Å². The topological polar surface area (TPSA) is 98.2 Å². The molecule has 1 heterocycles. The van der Waals surface area contributed by atoms with E-state index in [-0.39, 0.29) is 5.92 Å². The fourth-order valence-corrected chi connectivity index (χ4v) is 3.54. The fraction of sp³-hybridized carbons (Fsp3) is 0.375. The highest BCUT2D eigenvalue weighted by molar-refractivity contribution is 6.27. The van der Waals surface area contributed by atoms with E-state index in [4.69, 9.17) is 19.8 Å². The second-order valence-corrected chi connectivity index (χ2v) is 7.83. The summed E-state index contributed by atoms with van der Waals surface area (Å²) in [6.07, 6.45) is 1.92. The van der Waals surface area contributed by atoms with Gasteiger partial charge in [0.05, 0.1) is 0 Å². The van der Waals surface area contributed by atoms with Crippen molar-refractivity contribution in [2.75, 3.05) is 20.1 Å². The highest BCUT2D eigenvalue weighted by atomic mass is 16.4. The lowest BCUT2D eigenvalue weighted by molar-refractivity contribution is -0.159. The number of carboxylic acids is 2. The number of carboxylic acid groups (broad SMARTS) is 2. The molecule has 1 aliphatic heterocycles. The van der Waals surface area contributed by atoms with Gasteiger partial charge in [0.25, 0.3) is 0 Å². The maximum absolute atomic E-state index is 12.7. The Kier molecular flexibility index (Phi) is 9.21. The van der Waals surface area contributed by atoms with Gasteiger partial charge in [0.1, 0.15) is 0 Å². The Labute approximate surface area is 182 Å². The van der Waals surface area contributed by atoms with Crippen LogP contribution >= 0.6 is 0 Å². The van der Waals surface area contributed by atoms with Crippen LogP contribution in [0.3, 0.4) is 0 Å². The summed E-state index contributed by atoms with van der Waals surface area (Å²) < 4.78 is 0. The van der Waals surface area contributed by atoms with Crippen molar-refractivity contribution in [3.8, 4) is 0 Å². The van der Waals surface area contributed by atoms with E-state index < -0.39 is 11.9 Å². The molecule has 7 heteroatoms. The second-order valence-electron chi connectivity index (χ2n) is 7.83. The molecule has 2 N–H and O–H groups in total. The zero-order chi connectivity index (χ0) is 22.8. The van der Waals surface area contributed by atoms with Crippen LogP contribution in [0.1, 0.15) is 29.5 Å². The minimum atomic E-state index is -1.82. The molecule has 0 saturated carbocycles. The van der Waals surface area contributed by atoms with E-state index in [1.54, 1.807) is 0 Å². The number of amides is 1. The predicted octanol–water partition coefficient (Wildman–Crippen LogP) is 3.02. The standard InChI is InChI=1S/C22H28N2O.C2H2O4/c1-18-8-10-20(11-9-18)17-24-14-12-21(13-15-24)22(25)23(2)16-19-6-4-3-5-7-19;3-1(4)2(5)6/h3-11,21H,12-17H2,1-2H3;(H,3,4)(H,5,6). The molecule has 166 valence electrons. The summed E-state index contributed by atoms with van der Waals surface area (Å²) in [6.45, 7) is 5.81. The summed E-state index contributed by atoms with van der Waals surface area (Å²) in [4.78, 5) is 35.3. The Hall–Kier alpha value is -3.19. The van der Waals surface area contributed by atoms with Gasteiger partial charge in [0, 0.05) is 26.1 Å². The van der Waals surface area contributed by atoms with Crippen LogP contribution in [-0.4, -0.2) is 58.0 Å². The lowest BCUT2D eigenvalue weighted by Crippen LogP contribution is -2.40. The fourth-order valence-electron chi connectivity index (χ4n) is 3.54. The summed E-state index contributed by atoms with van der Waals surface area (Å²) in [5.74, 6) is -3.19. The van der Waals surface area contributed by atoms with Gasteiger partial charge in [-0.25, -0.2) is 9.59 Å². The highest BCUT2D eigenvalue weighted by Gasteiger charge is 2.27. The van der Waals surface area contributed by atoms with Crippen molar-refractivity contribution in [2.24, 2.45) is 5.92 Å². The summed E-state index contributed by atoms with van der Waals surface area (Å²) in [7, 11) is 1.92. The van der Waals surface area contributed by atoms with Crippen molar-refractivity contribution in [3.63, 3.8) is 0 Å². The number of likely N-dealkylation sites (tertiary alicyclic amines) is 1. The number of rotatable bonds is 5. The van der Waals surface area contributed by atoms with Crippen LogP contribution < -0.4 is 0 Å². The van der Waals surface area contributed by atoms with Gasteiger partial charge < -0.3 is 15.1 Å². The molecule has 3 rings (SSSR count). The number of hydrogen-bond donors (Lipinski definition) is 2. The summed E-state index contributed by atoms with van der Waals surface area (Å²) in [6, 6.07) is 19.0. The van der Waals surface area contributed by atoms with Gasteiger partial charge in [-0.1, -0.05) is 60.2 Å². The van der Waals surface area contributed by atoms with E-state index >= 15 is 0 Å². The molecule has 0 atom stereocenters. The Morgan fingerprint density at radius 1 is 0.903 bits per heavy atom. The zero-order valence-electron chi connectivity index (χ0n) is 18.0. The van der Waals surface area contributed by atoms with Crippen molar-refractivity contribution in [2.45, 2.75) is 32.9 Å². The molecule has 2 aromatic carbocycles. The first-order valence-corrected chi connectivity index (χ1v) is 10.3. The van der Waals surface area contributed by atoms with Gasteiger partial charge >= 0.3 is 11.9 Å². The zero-order valence-corrected chi connectivity index (χ0v) is 18.0. The van der Waals surface area contributed by atoms with Gasteiger partial charge in [-0.15, -0.1) is 0 Å². The number of carbonyl (C=O) groups is 3. The van der Waals surface area contributed by atoms with Crippen molar-refractivity contribution in [1.29, 1.82) is 0 Å². The van der Waals surface area contributed by atoms with Gasteiger partial charge in [-0.2, -0.15) is 0 Å². The quantitative estimate of drug-likeness (QED) is 0.713. The number of piperidine rings is 1. The van der Waals surface area contributed by atoms with E-state index in [9.17, 15) is 4.79 Å². The van der Waals surface area contributed by atoms with Crippen LogP contribution in [0.4, 0.5) is 0 Å². The molecule has 1 saturated heterocycles. The molecule has 0 aliphatic carbocycles. The molecular weight excluding hydrogens is 396 g/mol. The molecule has 0 aromatic heterocycles. The Morgan fingerprint density at radius 3 is 1.97 bits per heavy atom. The molecule has 1 amide bonds. The van der Waals surface area contributed by atoms with Crippen molar-refractivity contribution < 1.29 is 24.6 Å². The monoisotopic (exact) mass is 426 g/mol. The molecule has 7 nitrogen and oxygen atoms in total. The molecule has 0 bridgehead atoms. The highest BCUT2D eigenvalue weighted by Crippen LogP contribution is 2.21. The van der Waals surface area contributed by atoms with Gasteiger partial charge in [-0.05, 0) is 44.0 Å². The summed E-state index contributed by atoms with van der Waals surface area (Å²) in [5, 5.41) is 14.8. The lowest BCUT2D eigenvalue weighted by Gasteiger charge is -2.33. The number of nitrogens with zero attached hydrogens (tertiary/aromatic N) is 2.